The number of anilines is 1. The molecule has 0 atom stereocenters. The minimum atomic E-state index is -0.653. The van der Waals surface area contributed by atoms with Gasteiger partial charge in [0.2, 0.25) is 17.6 Å². The number of hydrogen-bond acceptors (Lipinski definition) is 7. The second-order valence-corrected chi connectivity index (χ2v) is 7.01. The van der Waals surface area contributed by atoms with E-state index in [2.05, 4.69) is 15.6 Å². The van der Waals surface area contributed by atoms with Crippen LogP contribution in [0, 0.1) is 0 Å². The van der Waals surface area contributed by atoms with Crippen LogP contribution < -0.4 is 5.32 Å². The van der Waals surface area contributed by atoms with E-state index in [-0.39, 0.29) is 5.91 Å². The maximum Gasteiger partial charge on any atom is 0.239 e. The first-order chi connectivity index (χ1) is 11.8. The summed E-state index contributed by atoms with van der Waals surface area (Å²) in [6.45, 7) is 0. The minimum absolute atomic E-state index is 0.127. The largest absolute Gasteiger partial charge is 0.461 e. The molecule has 3 aromatic rings. The molecule has 1 saturated carbocycles. The zero-order valence-electron chi connectivity index (χ0n) is 12.6. The van der Waals surface area contributed by atoms with Gasteiger partial charge in [-0.2, -0.15) is 11.8 Å². The smallest absolute Gasteiger partial charge is 0.239 e. The van der Waals surface area contributed by atoms with Gasteiger partial charge in [0.1, 0.15) is 0 Å². The van der Waals surface area contributed by atoms with E-state index in [4.69, 9.17) is 13.5 Å². The summed E-state index contributed by atoms with van der Waals surface area (Å²) in [6, 6.07) is 5.34. The number of nitrogens with zero attached hydrogens (tertiary/aromatic N) is 2. The van der Waals surface area contributed by atoms with Crippen LogP contribution in [0.15, 0.2) is 37.9 Å². The third-order valence-electron chi connectivity index (χ3n) is 4.53. The molecule has 0 unspecified atom stereocenters. The van der Waals surface area contributed by atoms with Crippen LogP contribution in [0.2, 0.25) is 0 Å². The van der Waals surface area contributed by atoms with Crippen molar-refractivity contribution in [3.05, 3.63) is 41.4 Å². The van der Waals surface area contributed by atoms with Crippen LogP contribution in [-0.4, -0.2) is 16.2 Å². The average Bonchev–Trinajstić information content (AvgIpc) is 3.11. The summed E-state index contributed by atoms with van der Waals surface area (Å²) >= 11 is 1.76. The van der Waals surface area contributed by atoms with Gasteiger partial charge < -0.3 is 13.5 Å². The van der Waals surface area contributed by atoms with Gasteiger partial charge in [0.05, 0.1) is 28.6 Å². The summed E-state index contributed by atoms with van der Waals surface area (Å²) in [5, 5.41) is 11.0. The van der Waals surface area contributed by atoms with Crippen LogP contribution in [-0.2, 0) is 21.7 Å². The first kappa shape index (κ1) is 13.9. The Morgan fingerprint density at radius 1 is 1.21 bits per heavy atom. The number of rotatable bonds is 4. The predicted molar refractivity (Wildman–Crippen MR) is 85.2 cm³/mol. The quantitative estimate of drug-likeness (QED) is 0.776. The summed E-state index contributed by atoms with van der Waals surface area (Å²) in [5.74, 6) is 3.09. The zero-order valence-corrected chi connectivity index (χ0v) is 13.4. The topological polar surface area (TPSA) is 94.3 Å². The number of thioether (sulfide) groups is 1. The van der Waals surface area contributed by atoms with Crippen LogP contribution in [0.4, 0.5) is 5.88 Å². The Bertz CT molecular complexity index is 908. The molecular formula is C16H13N3O4S. The molecule has 0 aromatic carbocycles. The number of fused-ring (bicyclic) bond motifs is 1. The van der Waals surface area contributed by atoms with Gasteiger partial charge in [-0.25, -0.2) is 0 Å². The molecule has 122 valence electrons. The van der Waals surface area contributed by atoms with E-state index in [1.165, 1.54) is 0 Å². The van der Waals surface area contributed by atoms with Crippen molar-refractivity contribution < 1.29 is 18.3 Å². The Kier molecular flexibility index (Phi) is 2.90. The van der Waals surface area contributed by atoms with E-state index < -0.39 is 5.41 Å². The van der Waals surface area contributed by atoms with Crippen molar-refractivity contribution in [2.75, 3.05) is 5.32 Å². The van der Waals surface area contributed by atoms with Gasteiger partial charge in [-0.3, -0.25) is 10.1 Å². The van der Waals surface area contributed by atoms with E-state index in [0.29, 0.717) is 23.1 Å². The maximum atomic E-state index is 12.8. The molecule has 1 N–H and O–H groups in total. The summed E-state index contributed by atoms with van der Waals surface area (Å²) < 4.78 is 15.9. The van der Waals surface area contributed by atoms with Crippen LogP contribution in [0.25, 0.3) is 11.5 Å². The molecule has 0 spiro atoms. The molecule has 5 rings (SSSR count). The average molecular weight is 343 g/mol. The molecule has 7 nitrogen and oxygen atoms in total. The van der Waals surface area contributed by atoms with E-state index in [9.17, 15) is 4.79 Å². The third kappa shape index (κ3) is 2.02. The SMILES string of the molecule is O=C(Nc1onc2c1CSC2)C1(c2cc(-c3ccco3)on2)CC1. The molecule has 2 aliphatic rings. The second-order valence-electron chi connectivity index (χ2n) is 6.02. The van der Waals surface area contributed by atoms with Crippen molar-refractivity contribution in [1.29, 1.82) is 0 Å². The monoisotopic (exact) mass is 343 g/mol. The van der Waals surface area contributed by atoms with Crippen molar-refractivity contribution in [2.45, 2.75) is 29.8 Å². The fourth-order valence-corrected chi connectivity index (χ4v) is 3.96. The molecule has 4 heterocycles. The molecule has 0 radical (unpaired) electrons. The van der Waals surface area contributed by atoms with E-state index in [0.717, 1.165) is 35.6 Å². The van der Waals surface area contributed by atoms with E-state index in [1.807, 2.05) is 0 Å². The van der Waals surface area contributed by atoms with Crippen molar-refractivity contribution in [3.63, 3.8) is 0 Å². The standard InChI is InChI=1S/C16H13N3O4S/c20-15(17-14-9-7-24-8-10(9)18-23-14)16(3-4-16)13-6-12(22-19-13)11-2-1-5-21-11/h1-2,5-6H,3-4,7-8H2,(H,17,20). The van der Waals surface area contributed by atoms with E-state index >= 15 is 0 Å². The fourth-order valence-electron chi connectivity index (χ4n) is 2.94. The zero-order chi connectivity index (χ0) is 16.1. The molecule has 3 aromatic heterocycles. The number of aromatic nitrogens is 2. The molecular weight excluding hydrogens is 330 g/mol. The lowest BCUT2D eigenvalue weighted by atomic mass is 10.0. The molecule has 0 bridgehead atoms. The molecule has 24 heavy (non-hydrogen) atoms. The number of amides is 1. The number of nitrogens with one attached hydrogen (secondary N) is 1. The van der Waals surface area contributed by atoms with E-state index in [1.54, 1.807) is 36.2 Å². The van der Waals surface area contributed by atoms with Gasteiger partial charge in [-0.15, -0.1) is 0 Å². The number of hydrogen-bond donors (Lipinski definition) is 1. The summed E-state index contributed by atoms with van der Waals surface area (Å²) in [5.41, 5.74) is 1.87. The first-order valence-electron chi connectivity index (χ1n) is 7.64. The molecule has 1 fully saturated rings. The number of carbonyl (C=O) groups is 1. The van der Waals surface area contributed by atoms with Crippen LogP contribution in [0.1, 0.15) is 29.8 Å². The summed E-state index contributed by atoms with van der Waals surface area (Å²) in [6.07, 6.45) is 3.03. The van der Waals surface area contributed by atoms with Gasteiger partial charge in [-0.05, 0) is 25.0 Å². The Morgan fingerprint density at radius 2 is 2.12 bits per heavy atom. The lowest BCUT2D eigenvalue weighted by Crippen LogP contribution is -2.28. The lowest BCUT2D eigenvalue weighted by Gasteiger charge is -2.10. The van der Waals surface area contributed by atoms with Crippen LogP contribution in [0.5, 0.6) is 0 Å². The Balaban J connectivity index is 1.40. The normalized spacial score (nSPS) is 17.7. The molecule has 1 amide bonds. The number of furan rings is 1. The highest BCUT2D eigenvalue weighted by Gasteiger charge is 2.54. The lowest BCUT2D eigenvalue weighted by molar-refractivity contribution is -0.118. The number of carbonyl (C=O) groups excluding carboxylic acids is 1. The highest BCUT2D eigenvalue weighted by molar-refractivity contribution is 7.98. The Labute approximate surface area is 140 Å². The molecule has 8 heteroatoms. The Hall–Kier alpha value is -2.48. The highest BCUT2D eigenvalue weighted by Crippen LogP contribution is 2.49. The minimum Gasteiger partial charge on any atom is -0.461 e. The highest BCUT2D eigenvalue weighted by atomic mass is 32.2. The molecule has 1 aliphatic heterocycles. The summed E-state index contributed by atoms with van der Waals surface area (Å²) in [4.78, 5) is 12.8. The Morgan fingerprint density at radius 3 is 2.92 bits per heavy atom. The third-order valence-corrected chi connectivity index (χ3v) is 5.50. The van der Waals surface area contributed by atoms with Crippen LogP contribution in [0.3, 0.4) is 0 Å². The van der Waals surface area contributed by atoms with Gasteiger partial charge in [0.15, 0.2) is 5.76 Å². The first-order valence-corrected chi connectivity index (χ1v) is 8.79. The second kappa shape index (κ2) is 5.01. The fraction of sp³-hybridized carbons (Fsp3) is 0.312. The van der Waals surface area contributed by atoms with Gasteiger partial charge in [0, 0.05) is 17.6 Å². The van der Waals surface area contributed by atoms with Gasteiger partial charge in [-0.1, -0.05) is 10.3 Å². The van der Waals surface area contributed by atoms with Crippen molar-refractivity contribution in [1.82, 2.24) is 10.3 Å². The van der Waals surface area contributed by atoms with Crippen molar-refractivity contribution in [3.8, 4) is 11.5 Å². The van der Waals surface area contributed by atoms with Gasteiger partial charge in [0.25, 0.3) is 0 Å². The predicted octanol–water partition coefficient (Wildman–Crippen LogP) is 3.34. The van der Waals surface area contributed by atoms with Gasteiger partial charge >= 0.3 is 0 Å². The molecule has 0 saturated heterocycles. The van der Waals surface area contributed by atoms with Crippen molar-refractivity contribution >= 4 is 23.6 Å². The van der Waals surface area contributed by atoms with Crippen LogP contribution >= 0.6 is 11.8 Å². The van der Waals surface area contributed by atoms with Crippen molar-refractivity contribution in [2.24, 2.45) is 0 Å². The summed E-state index contributed by atoms with van der Waals surface area (Å²) in [7, 11) is 0. The maximum absolute atomic E-state index is 12.8. The molecule has 1 aliphatic carbocycles.